The number of fused-ring (bicyclic) bond motifs is 1. The van der Waals surface area contributed by atoms with Gasteiger partial charge in [0.1, 0.15) is 0 Å². The van der Waals surface area contributed by atoms with E-state index in [1.54, 1.807) is 0 Å². The first-order valence-corrected chi connectivity index (χ1v) is 5.90. The Hall–Kier alpha value is -1.79. The summed E-state index contributed by atoms with van der Waals surface area (Å²) < 4.78 is 0. The van der Waals surface area contributed by atoms with Crippen LogP contribution in [0.15, 0.2) is 55.1 Å². The molecule has 82 valence electrons. The molecule has 0 bridgehead atoms. The fourth-order valence-electron chi connectivity index (χ4n) is 2.17. The monoisotopic (exact) mass is 238 g/mol. The molecule has 3 rings (SSSR count). The molecule has 0 saturated carbocycles. The summed E-state index contributed by atoms with van der Waals surface area (Å²) in [7, 11) is 0. The molecule has 0 nitrogen and oxygen atoms in total. The normalized spacial score (nSPS) is 13.5. The Kier molecular flexibility index (Phi) is 2.38. The summed E-state index contributed by atoms with van der Waals surface area (Å²) in [5.41, 5.74) is 5.89. The molecule has 0 heterocycles. The molecular formula is C16H11Cl. The fraction of sp³-hybridized carbons (Fsp3) is 0. The summed E-state index contributed by atoms with van der Waals surface area (Å²) >= 11 is 5.90. The van der Waals surface area contributed by atoms with E-state index in [1.807, 2.05) is 36.4 Å². The van der Waals surface area contributed by atoms with Crippen LogP contribution < -0.4 is 0 Å². The summed E-state index contributed by atoms with van der Waals surface area (Å²) in [6.45, 7) is 4.17. The number of hydrogen-bond acceptors (Lipinski definition) is 0. The predicted molar refractivity (Wildman–Crippen MR) is 74.8 cm³/mol. The maximum Gasteiger partial charge on any atom is 0.0406 e. The van der Waals surface area contributed by atoms with Crippen molar-refractivity contribution in [3.05, 3.63) is 76.8 Å². The molecule has 0 amide bonds. The van der Waals surface area contributed by atoms with E-state index in [9.17, 15) is 0 Å². The third-order valence-electron chi connectivity index (χ3n) is 3.07. The van der Waals surface area contributed by atoms with Gasteiger partial charge in [-0.15, -0.1) is 0 Å². The fourth-order valence-corrected chi connectivity index (χ4v) is 2.30. The number of rotatable bonds is 1. The Balaban J connectivity index is 2.08. The van der Waals surface area contributed by atoms with Crippen molar-refractivity contribution in [3.8, 4) is 0 Å². The maximum atomic E-state index is 5.90. The van der Waals surface area contributed by atoms with Crippen LogP contribution >= 0.6 is 11.6 Å². The topological polar surface area (TPSA) is 0 Å². The Bertz CT molecular complexity index is 618. The summed E-state index contributed by atoms with van der Waals surface area (Å²) in [6, 6.07) is 16.2. The van der Waals surface area contributed by atoms with Gasteiger partial charge in [0.05, 0.1) is 0 Å². The predicted octanol–water partition coefficient (Wildman–Crippen LogP) is 4.91. The smallest absolute Gasteiger partial charge is 0.0406 e. The average molecular weight is 239 g/mol. The summed E-state index contributed by atoms with van der Waals surface area (Å²) in [4.78, 5) is 0. The molecule has 1 heteroatoms. The van der Waals surface area contributed by atoms with Crippen LogP contribution in [0.3, 0.4) is 0 Å². The van der Waals surface area contributed by atoms with Crippen LogP contribution in [-0.4, -0.2) is 0 Å². The minimum atomic E-state index is 0.760. The van der Waals surface area contributed by atoms with E-state index in [1.165, 1.54) is 16.7 Å². The molecule has 0 radical (unpaired) electrons. The summed E-state index contributed by atoms with van der Waals surface area (Å²) in [5, 5.41) is 0.760. The largest absolute Gasteiger partial charge is 0.0905 e. The Morgan fingerprint density at radius 3 is 2.29 bits per heavy atom. The SMILES string of the molecule is C=C1C(c2ccc(Cl)cc2)=Cc2ccccc21. The van der Waals surface area contributed by atoms with Crippen molar-refractivity contribution in [2.24, 2.45) is 0 Å². The molecule has 1 aliphatic carbocycles. The first kappa shape index (κ1) is 10.4. The highest BCUT2D eigenvalue weighted by atomic mass is 35.5. The highest BCUT2D eigenvalue weighted by Gasteiger charge is 2.17. The van der Waals surface area contributed by atoms with E-state index in [0.29, 0.717) is 0 Å². The van der Waals surface area contributed by atoms with Gasteiger partial charge in [0.2, 0.25) is 0 Å². The van der Waals surface area contributed by atoms with Gasteiger partial charge in [-0.05, 0) is 46.0 Å². The molecular weight excluding hydrogens is 228 g/mol. The van der Waals surface area contributed by atoms with Crippen LogP contribution in [0.5, 0.6) is 0 Å². The van der Waals surface area contributed by atoms with Gasteiger partial charge in [-0.25, -0.2) is 0 Å². The van der Waals surface area contributed by atoms with E-state index in [4.69, 9.17) is 11.6 Å². The second-order valence-corrected chi connectivity index (χ2v) is 4.57. The molecule has 0 unspecified atom stereocenters. The highest BCUT2D eigenvalue weighted by Crippen LogP contribution is 2.39. The zero-order valence-corrected chi connectivity index (χ0v) is 10.0. The standard InChI is InChI=1S/C16H11Cl/c1-11-15-5-3-2-4-13(15)10-16(11)12-6-8-14(17)9-7-12/h2-10H,1H2. The lowest BCUT2D eigenvalue weighted by atomic mass is 9.99. The van der Waals surface area contributed by atoms with Gasteiger partial charge in [0, 0.05) is 5.02 Å². The third kappa shape index (κ3) is 1.71. The Labute approximate surface area is 106 Å². The number of halogens is 1. The molecule has 0 N–H and O–H groups in total. The van der Waals surface area contributed by atoms with Gasteiger partial charge < -0.3 is 0 Å². The second-order valence-electron chi connectivity index (χ2n) is 4.13. The van der Waals surface area contributed by atoms with Gasteiger partial charge in [0.15, 0.2) is 0 Å². The van der Waals surface area contributed by atoms with Gasteiger partial charge in [0.25, 0.3) is 0 Å². The molecule has 0 saturated heterocycles. The Morgan fingerprint density at radius 1 is 0.882 bits per heavy atom. The lowest BCUT2D eigenvalue weighted by Crippen LogP contribution is -1.83. The van der Waals surface area contributed by atoms with Crippen LogP contribution in [0.1, 0.15) is 16.7 Å². The molecule has 17 heavy (non-hydrogen) atoms. The van der Waals surface area contributed by atoms with E-state index in [2.05, 4.69) is 24.8 Å². The van der Waals surface area contributed by atoms with Crippen molar-refractivity contribution in [1.29, 1.82) is 0 Å². The molecule has 0 atom stereocenters. The zero-order chi connectivity index (χ0) is 11.8. The van der Waals surface area contributed by atoms with Crippen molar-refractivity contribution in [2.45, 2.75) is 0 Å². The lowest BCUT2D eigenvalue weighted by molar-refractivity contribution is 1.61. The maximum absolute atomic E-state index is 5.90. The number of hydrogen-bond donors (Lipinski definition) is 0. The van der Waals surface area contributed by atoms with Crippen LogP contribution in [-0.2, 0) is 0 Å². The highest BCUT2D eigenvalue weighted by molar-refractivity contribution is 6.30. The van der Waals surface area contributed by atoms with Crippen LogP contribution in [0, 0.1) is 0 Å². The molecule has 0 aliphatic heterocycles. The zero-order valence-electron chi connectivity index (χ0n) is 9.28. The Morgan fingerprint density at radius 2 is 1.59 bits per heavy atom. The van der Waals surface area contributed by atoms with Crippen molar-refractivity contribution >= 4 is 28.8 Å². The molecule has 2 aromatic carbocycles. The molecule has 2 aromatic rings. The molecule has 0 aromatic heterocycles. The second kappa shape index (κ2) is 3.90. The lowest BCUT2D eigenvalue weighted by Gasteiger charge is -2.05. The van der Waals surface area contributed by atoms with Crippen LogP contribution in [0.4, 0.5) is 0 Å². The third-order valence-corrected chi connectivity index (χ3v) is 3.32. The number of allylic oxidation sites excluding steroid dienone is 2. The quantitative estimate of drug-likeness (QED) is 0.662. The minimum Gasteiger partial charge on any atom is -0.0905 e. The van der Waals surface area contributed by atoms with Crippen LogP contribution in [0.25, 0.3) is 17.2 Å². The van der Waals surface area contributed by atoms with E-state index < -0.39 is 0 Å². The number of benzene rings is 2. The van der Waals surface area contributed by atoms with E-state index >= 15 is 0 Å². The van der Waals surface area contributed by atoms with Crippen molar-refractivity contribution in [1.82, 2.24) is 0 Å². The van der Waals surface area contributed by atoms with Crippen molar-refractivity contribution < 1.29 is 0 Å². The van der Waals surface area contributed by atoms with Gasteiger partial charge in [-0.3, -0.25) is 0 Å². The molecule has 0 fully saturated rings. The molecule has 0 spiro atoms. The van der Waals surface area contributed by atoms with E-state index in [0.717, 1.165) is 16.2 Å². The minimum absolute atomic E-state index is 0.760. The van der Waals surface area contributed by atoms with Crippen LogP contribution in [0.2, 0.25) is 5.02 Å². The van der Waals surface area contributed by atoms with Gasteiger partial charge in [-0.1, -0.05) is 54.6 Å². The summed E-state index contributed by atoms with van der Waals surface area (Å²) in [5.74, 6) is 0. The average Bonchev–Trinajstić information content (AvgIpc) is 2.69. The van der Waals surface area contributed by atoms with Crippen molar-refractivity contribution in [3.63, 3.8) is 0 Å². The van der Waals surface area contributed by atoms with E-state index in [-0.39, 0.29) is 0 Å². The molecule has 1 aliphatic rings. The summed E-state index contributed by atoms with van der Waals surface area (Å²) in [6.07, 6.45) is 2.18. The van der Waals surface area contributed by atoms with Gasteiger partial charge in [-0.2, -0.15) is 0 Å². The van der Waals surface area contributed by atoms with Gasteiger partial charge >= 0.3 is 0 Å². The van der Waals surface area contributed by atoms with Crippen molar-refractivity contribution in [2.75, 3.05) is 0 Å². The first-order chi connectivity index (χ1) is 8.25. The first-order valence-electron chi connectivity index (χ1n) is 5.52.